The van der Waals surface area contributed by atoms with Crippen molar-refractivity contribution in [1.29, 1.82) is 0 Å². The van der Waals surface area contributed by atoms with Crippen LogP contribution in [0.15, 0.2) is 59.2 Å². The van der Waals surface area contributed by atoms with E-state index < -0.39 is 23.8 Å². The Labute approximate surface area is 172 Å². The van der Waals surface area contributed by atoms with Gasteiger partial charge in [0.2, 0.25) is 0 Å². The summed E-state index contributed by atoms with van der Waals surface area (Å²) >= 11 is 3.58. The van der Waals surface area contributed by atoms with Gasteiger partial charge < -0.3 is 14.5 Å². The summed E-state index contributed by atoms with van der Waals surface area (Å²) in [5.74, 6) is -2.86. The highest BCUT2D eigenvalue weighted by atomic mass is 79.9. The fourth-order valence-electron chi connectivity index (χ4n) is 3.44. The van der Waals surface area contributed by atoms with Gasteiger partial charge in [-0.15, -0.1) is 0 Å². The number of carbonyl (C=O) groups excluding carboxylic acids is 2. The molecule has 146 valence electrons. The smallest absolute Gasteiger partial charge is 0.321 e. The van der Waals surface area contributed by atoms with Gasteiger partial charge in [-0.1, -0.05) is 52.3 Å². The molecule has 1 N–H and O–H groups in total. The van der Waals surface area contributed by atoms with Crippen LogP contribution in [0, 0.1) is 5.92 Å². The van der Waals surface area contributed by atoms with Crippen LogP contribution in [0.2, 0.25) is 0 Å². The van der Waals surface area contributed by atoms with Crippen molar-refractivity contribution in [2.24, 2.45) is 5.92 Å². The lowest BCUT2D eigenvalue weighted by Crippen LogP contribution is -2.34. The maximum Gasteiger partial charge on any atom is 0.321 e. The average Bonchev–Trinajstić information content (AvgIpc) is 3.11. The van der Waals surface area contributed by atoms with E-state index in [9.17, 15) is 9.59 Å². The molecule has 0 aliphatic rings. The van der Waals surface area contributed by atoms with E-state index in [0.717, 1.165) is 26.5 Å². The van der Waals surface area contributed by atoms with Crippen LogP contribution in [0.4, 0.5) is 0 Å². The Morgan fingerprint density at radius 1 is 0.929 bits per heavy atom. The number of carbonyl (C=O) groups is 2. The predicted molar refractivity (Wildman–Crippen MR) is 111 cm³/mol. The van der Waals surface area contributed by atoms with Gasteiger partial charge in [0.1, 0.15) is 0 Å². The van der Waals surface area contributed by atoms with Crippen LogP contribution in [0.3, 0.4) is 0 Å². The number of hydrogen-bond donors (Lipinski definition) is 1. The third-order valence-corrected chi connectivity index (χ3v) is 5.33. The Hall–Kier alpha value is -2.60. The molecule has 3 aromatic rings. The highest BCUT2D eigenvalue weighted by molar-refractivity contribution is 9.10. The number of ether oxygens (including phenoxy) is 2. The second kappa shape index (κ2) is 9.06. The number of H-pyrrole nitrogens is 1. The number of nitrogens with one attached hydrogen (secondary N) is 1. The lowest BCUT2D eigenvalue weighted by atomic mass is 9.80. The second-order valence-corrected chi connectivity index (χ2v) is 7.12. The molecule has 0 radical (unpaired) electrons. The van der Waals surface area contributed by atoms with E-state index in [1.54, 1.807) is 13.8 Å². The molecule has 1 atom stereocenters. The van der Waals surface area contributed by atoms with Gasteiger partial charge in [-0.25, -0.2) is 0 Å². The van der Waals surface area contributed by atoms with Crippen LogP contribution in [-0.4, -0.2) is 30.1 Å². The Balaban J connectivity index is 2.23. The Kier molecular flexibility index (Phi) is 6.52. The van der Waals surface area contributed by atoms with E-state index >= 15 is 0 Å². The summed E-state index contributed by atoms with van der Waals surface area (Å²) < 4.78 is 11.3. The molecule has 0 amide bonds. The van der Waals surface area contributed by atoms with Crippen LogP contribution in [-0.2, 0) is 19.1 Å². The number of para-hydroxylation sites is 1. The molecule has 0 fully saturated rings. The van der Waals surface area contributed by atoms with E-state index in [0.29, 0.717) is 0 Å². The van der Waals surface area contributed by atoms with E-state index in [2.05, 4.69) is 20.9 Å². The molecule has 1 aromatic heterocycles. The van der Waals surface area contributed by atoms with Crippen molar-refractivity contribution >= 4 is 38.8 Å². The number of benzene rings is 2. The zero-order valence-corrected chi connectivity index (χ0v) is 17.4. The molecule has 0 saturated carbocycles. The van der Waals surface area contributed by atoms with Crippen molar-refractivity contribution in [2.75, 3.05) is 13.2 Å². The maximum absolute atomic E-state index is 12.9. The van der Waals surface area contributed by atoms with Gasteiger partial charge in [0.15, 0.2) is 5.92 Å². The fraction of sp³-hybridized carbons (Fsp3) is 0.273. The van der Waals surface area contributed by atoms with Gasteiger partial charge >= 0.3 is 11.9 Å². The number of halogens is 1. The van der Waals surface area contributed by atoms with Gasteiger partial charge in [0, 0.05) is 27.5 Å². The minimum atomic E-state index is -1.11. The number of rotatable bonds is 7. The van der Waals surface area contributed by atoms with Crippen LogP contribution in [0.5, 0.6) is 0 Å². The Bertz CT molecular complexity index is 963. The first kappa shape index (κ1) is 20.1. The van der Waals surface area contributed by atoms with E-state index in [1.165, 1.54) is 0 Å². The molecule has 28 heavy (non-hydrogen) atoms. The highest BCUT2D eigenvalue weighted by Crippen LogP contribution is 2.40. The second-order valence-electron chi connectivity index (χ2n) is 6.27. The molecular formula is C22H22BrNO4. The lowest BCUT2D eigenvalue weighted by molar-refractivity contribution is -0.162. The number of esters is 2. The maximum atomic E-state index is 12.9. The highest BCUT2D eigenvalue weighted by Gasteiger charge is 2.41. The molecule has 2 aromatic carbocycles. The lowest BCUT2D eigenvalue weighted by Gasteiger charge is -2.25. The normalized spacial score (nSPS) is 12.1. The predicted octanol–water partition coefficient (Wildman–Crippen LogP) is 4.80. The Morgan fingerprint density at radius 2 is 1.54 bits per heavy atom. The molecule has 0 unspecified atom stereocenters. The standard InChI is InChI=1S/C22H22BrNO4/c1-3-27-21(25)20(22(26)28-4-2)19(15-10-5-7-11-17(15)23)16-13-24-18-12-8-6-9-14(16)18/h5-13,19-20,24H,3-4H2,1-2H3/t19-/m0/s1. The number of aromatic nitrogens is 1. The molecule has 0 bridgehead atoms. The van der Waals surface area contributed by atoms with Gasteiger partial charge in [0.25, 0.3) is 0 Å². The molecule has 5 nitrogen and oxygen atoms in total. The van der Waals surface area contributed by atoms with Crippen LogP contribution >= 0.6 is 15.9 Å². The first-order chi connectivity index (χ1) is 13.6. The van der Waals surface area contributed by atoms with Gasteiger partial charge in [-0.3, -0.25) is 9.59 Å². The summed E-state index contributed by atoms with van der Waals surface area (Å²) in [4.78, 5) is 29.0. The zero-order valence-electron chi connectivity index (χ0n) is 15.8. The van der Waals surface area contributed by atoms with Crippen molar-refractivity contribution in [3.8, 4) is 0 Å². The topological polar surface area (TPSA) is 68.4 Å². The summed E-state index contributed by atoms with van der Waals surface area (Å²) in [7, 11) is 0. The van der Waals surface area contributed by atoms with E-state index in [4.69, 9.17) is 9.47 Å². The van der Waals surface area contributed by atoms with Gasteiger partial charge in [-0.2, -0.15) is 0 Å². The van der Waals surface area contributed by atoms with Crippen molar-refractivity contribution in [3.63, 3.8) is 0 Å². The summed E-state index contributed by atoms with van der Waals surface area (Å²) in [6.45, 7) is 3.81. The molecule has 0 spiro atoms. The minimum Gasteiger partial charge on any atom is -0.465 e. The minimum absolute atomic E-state index is 0.186. The zero-order chi connectivity index (χ0) is 20.1. The molecule has 0 aliphatic carbocycles. The summed E-state index contributed by atoms with van der Waals surface area (Å²) in [6, 6.07) is 15.4. The van der Waals surface area contributed by atoms with Crippen molar-refractivity contribution in [1.82, 2.24) is 4.98 Å². The van der Waals surface area contributed by atoms with Crippen LogP contribution in [0.25, 0.3) is 10.9 Å². The van der Waals surface area contributed by atoms with Crippen LogP contribution < -0.4 is 0 Å². The van der Waals surface area contributed by atoms with Crippen molar-refractivity contribution < 1.29 is 19.1 Å². The first-order valence-electron chi connectivity index (χ1n) is 9.22. The molecular weight excluding hydrogens is 422 g/mol. The fourth-order valence-corrected chi connectivity index (χ4v) is 3.97. The van der Waals surface area contributed by atoms with Gasteiger partial charge in [0.05, 0.1) is 13.2 Å². The quantitative estimate of drug-likeness (QED) is 0.420. The number of hydrogen-bond acceptors (Lipinski definition) is 4. The van der Waals surface area contributed by atoms with Crippen LogP contribution in [0.1, 0.15) is 30.9 Å². The summed E-state index contributed by atoms with van der Waals surface area (Å²) in [6.07, 6.45) is 1.85. The molecule has 6 heteroatoms. The SMILES string of the molecule is CCOC(=O)C(C(=O)OCC)[C@@H](c1ccccc1Br)c1c[nH]c2ccccc12. The summed E-state index contributed by atoms with van der Waals surface area (Å²) in [5.41, 5.74) is 2.59. The van der Waals surface area contributed by atoms with E-state index in [1.807, 2.05) is 54.7 Å². The first-order valence-corrected chi connectivity index (χ1v) is 10.0. The van der Waals surface area contributed by atoms with Crippen molar-refractivity contribution in [2.45, 2.75) is 19.8 Å². The molecule has 1 heterocycles. The Morgan fingerprint density at radius 3 is 2.18 bits per heavy atom. The average molecular weight is 444 g/mol. The third-order valence-electron chi connectivity index (χ3n) is 4.61. The molecule has 0 saturated heterocycles. The van der Waals surface area contributed by atoms with E-state index in [-0.39, 0.29) is 13.2 Å². The van der Waals surface area contributed by atoms with Crippen molar-refractivity contribution in [3.05, 3.63) is 70.3 Å². The monoisotopic (exact) mass is 443 g/mol. The third kappa shape index (κ3) is 3.97. The largest absolute Gasteiger partial charge is 0.465 e. The molecule has 0 aliphatic heterocycles. The molecule has 3 rings (SSSR count). The number of aromatic amines is 1. The summed E-state index contributed by atoms with van der Waals surface area (Å²) in [5, 5.41) is 0.946. The van der Waals surface area contributed by atoms with Gasteiger partial charge in [-0.05, 0) is 37.1 Å². The number of fused-ring (bicyclic) bond motifs is 1.